The lowest BCUT2D eigenvalue weighted by Gasteiger charge is -2.37. The Hall–Kier alpha value is -1.13. The number of hydrogen-bond acceptors (Lipinski definition) is 4. The molecule has 2 heterocycles. The fourth-order valence-corrected chi connectivity index (χ4v) is 2.61. The van der Waals surface area contributed by atoms with Gasteiger partial charge in [0.05, 0.1) is 0 Å². The highest BCUT2D eigenvalue weighted by molar-refractivity contribution is 5.47. The van der Waals surface area contributed by atoms with Gasteiger partial charge in [-0.15, -0.1) is 0 Å². The van der Waals surface area contributed by atoms with Gasteiger partial charge in [0.2, 0.25) is 0 Å². The SMILES string of the molecule is CNCc1cccnc1N1CCCC(N(C)C)C1. The molecule has 0 aromatic carbocycles. The van der Waals surface area contributed by atoms with Gasteiger partial charge in [0.25, 0.3) is 0 Å². The molecule has 0 spiro atoms. The second-order valence-corrected chi connectivity index (χ2v) is 5.22. The van der Waals surface area contributed by atoms with E-state index in [-0.39, 0.29) is 0 Å². The van der Waals surface area contributed by atoms with E-state index in [0.29, 0.717) is 6.04 Å². The summed E-state index contributed by atoms with van der Waals surface area (Å²) < 4.78 is 0. The molecule has 18 heavy (non-hydrogen) atoms. The molecule has 1 aromatic heterocycles. The maximum atomic E-state index is 4.58. The molecule has 2 rings (SSSR count). The summed E-state index contributed by atoms with van der Waals surface area (Å²) in [7, 11) is 6.32. The first kappa shape index (κ1) is 13.3. The van der Waals surface area contributed by atoms with Crippen molar-refractivity contribution < 1.29 is 0 Å². The Morgan fingerprint density at radius 1 is 1.50 bits per heavy atom. The van der Waals surface area contributed by atoms with E-state index in [1.165, 1.54) is 18.4 Å². The maximum absolute atomic E-state index is 4.58. The molecule has 1 unspecified atom stereocenters. The van der Waals surface area contributed by atoms with Crippen molar-refractivity contribution in [3.63, 3.8) is 0 Å². The molecule has 1 fully saturated rings. The molecule has 1 atom stereocenters. The van der Waals surface area contributed by atoms with Crippen molar-refractivity contribution in [2.45, 2.75) is 25.4 Å². The number of aromatic nitrogens is 1. The zero-order chi connectivity index (χ0) is 13.0. The van der Waals surface area contributed by atoms with Crippen LogP contribution in [0.2, 0.25) is 0 Å². The Morgan fingerprint density at radius 2 is 2.33 bits per heavy atom. The van der Waals surface area contributed by atoms with E-state index >= 15 is 0 Å². The monoisotopic (exact) mass is 248 g/mol. The summed E-state index contributed by atoms with van der Waals surface area (Å²) in [5, 5.41) is 3.22. The van der Waals surface area contributed by atoms with Gasteiger partial charge in [-0.3, -0.25) is 0 Å². The molecule has 1 N–H and O–H groups in total. The average Bonchev–Trinajstić information content (AvgIpc) is 2.40. The van der Waals surface area contributed by atoms with Crippen molar-refractivity contribution in [3.8, 4) is 0 Å². The van der Waals surface area contributed by atoms with Gasteiger partial charge in [0, 0.05) is 37.4 Å². The second-order valence-electron chi connectivity index (χ2n) is 5.22. The molecule has 0 bridgehead atoms. The van der Waals surface area contributed by atoms with Crippen molar-refractivity contribution in [2.24, 2.45) is 0 Å². The first-order chi connectivity index (χ1) is 8.72. The zero-order valence-corrected chi connectivity index (χ0v) is 11.7. The molecule has 4 heteroatoms. The Bertz CT molecular complexity index is 378. The van der Waals surface area contributed by atoms with Crippen LogP contribution in [0, 0.1) is 0 Å². The molecular weight excluding hydrogens is 224 g/mol. The predicted molar refractivity (Wildman–Crippen MR) is 75.9 cm³/mol. The lowest BCUT2D eigenvalue weighted by Crippen LogP contribution is -2.45. The third-order valence-corrected chi connectivity index (χ3v) is 3.66. The van der Waals surface area contributed by atoms with Gasteiger partial charge in [-0.1, -0.05) is 6.07 Å². The Morgan fingerprint density at radius 3 is 3.06 bits per heavy atom. The molecular formula is C14H24N4. The van der Waals surface area contributed by atoms with Crippen molar-refractivity contribution in [1.82, 2.24) is 15.2 Å². The van der Waals surface area contributed by atoms with Crippen LogP contribution >= 0.6 is 0 Å². The highest BCUT2D eigenvalue weighted by atomic mass is 15.2. The lowest BCUT2D eigenvalue weighted by atomic mass is 10.0. The van der Waals surface area contributed by atoms with Gasteiger partial charge >= 0.3 is 0 Å². The quantitative estimate of drug-likeness (QED) is 0.871. The number of likely N-dealkylation sites (N-methyl/N-ethyl adjacent to an activating group) is 1. The Labute approximate surface area is 110 Å². The number of nitrogens with zero attached hydrogens (tertiary/aromatic N) is 3. The minimum absolute atomic E-state index is 0.642. The van der Waals surface area contributed by atoms with Crippen molar-refractivity contribution in [1.29, 1.82) is 0 Å². The van der Waals surface area contributed by atoms with Crippen molar-refractivity contribution in [2.75, 3.05) is 39.1 Å². The number of anilines is 1. The highest BCUT2D eigenvalue weighted by Gasteiger charge is 2.23. The van der Waals surface area contributed by atoms with Crippen LogP contribution in [0.15, 0.2) is 18.3 Å². The summed E-state index contributed by atoms with van der Waals surface area (Å²) in [6.07, 6.45) is 4.43. The van der Waals surface area contributed by atoms with E-state index in [1.54, 1.807) is 0 Å². The van der Waals surface area contributed by atoms with E-state index in [0.717, 1.165) is 25.5 Å². The van der Waals surface area contributed by atoms with Crippen LogP contribution in [-0.4, -0.2) is 50.2 Å². The van der Waals surface area contributed by atoms with E-state index < -0.39 is 0 Å². The summed E-state index contributed by atoms with van der Waals surface area (Å²) >= 11 is 0. The molecule has 1 aliphatic heterocycles. The van der Waals surface area contributed by atoms with Crippen molar-refractivity contribution >= 4 is 5.82 Å². The topological polar surface area (TPSA) is 31.4 Å². The average molecular weight is 248 g/mol. The Kier molecular flexibility index (Phi) is 4.55. The minimum atomic E-state index is 0.642. The molecule has 0 amide bonds. The molecule has 0 aliphatic carbocycles. The van der Waals surface area contributed by atoms with Crippen molar-refractivity contribution in [3.05, 3.63) is 23.9 Å². The van der Waals surface area contributed by atoms with E-state index in [1.807, 2.05) is 19.3 Å². The summed E-state index contributed by atoms with van der Waals surface area (Å²) in [6.45, 7) is 3.09. The molecule has 0 radical (unpaired) electrons. The molecule has 100 valence electrons. The fraction of sp³-hybridized carbons (Fsp3) is 0.643. The molecule has 1 aromatic rings. The smallest absolute Gasteiger partial charge is 0.133 e. The third kappa shape index (κ3) is 3.00. The maximum Gasteiger partial charge on any atom is 0.133 e. The minimum Gasteiger partial charge on any atom is -0.355 e. The summed E-state index contributed by atoms with van der Waals surface area (Å²) in [6, 6.07) is 4.82. The van der Waals surface area contributed by atoms with Crippen LogP contribution in [-0.2, 0) is 6.54 Å². The molecule has 0 saturated carbocycles. The second kappa shape index (κ2) is 6.16. The molecule has 1 aliphatic rings. The molecule has 4 nitrogen and oxygen atoms in total. The normalized spacial score (nSPS) is 20.4. The number of rotatable bonds is 4. The van der Waals surface area contributed by atoms with E-state index in [9.17, 15) is 0 Å². The van der Waals surface area contributed by atoms with Gasteiger partial charge in [0.15, 0.2) is 0 Å². The first-order valence-electron chi connectivity index (χ1n) is 6.72. The van der Waals surface area contributed by atoms with Crippen LogP contribution in [0.3, 0.4) is 0 Å². The summed E-state index contributed by atoms with van der Waals surface area (Å²) in [4.78, 5) is 9.34. The first-order valence-corrected chi connectivity index (χ1v) is 6.72. The van der Waals surface area contributed by atoms with Crippen LogP contribution in [0.4, 0.5) is 5.82 Å². The van der Waals surface area contributed by atoms with Gasteiger partial charge in [-0.05, 0) is 40.1 Å². The van der Waals surface area contributed by atoms with Gasteiger partial charge in [-0.2, -0.15) is 0 Å². The third-order valence-electron chi connectivity index (χ3n) is 3.66. The van der Waals surface area contributed by atoms with Gasteiger partial charge < -0.3 is 15.1 Å². The number of piperidine rings is 1. The van der Waals surface area contributed by atoms with E-state index in [4.69, 9.17) is 0 Å². The highest BCUT2D eigenvalue weighted by Crippen LogP contribution is 2.23. The van der Waals surface area contributed by atoms with Crippen LogP contribution in [0.1, 0.15) is 18.4 Å². The standard InChI is InChI=1S/C14H24N4/c1-15-10-12-6-4-8-16-14(12)18-9-5-7-13(11-18)17(2)3/h4,6,8,13,15H,5,7,9-11H2,1-3H3. The molecule has 1 saturated heterocycles. The summed E-state index contributed by atoms with van der Waals surface area (Å²) in [5.41, 5.74) is 1.29. The lowest BCUT2D eigenvalue weighted by molar-refractivity contribution is 0.257. The number of nitrogens with one attached hydrogen (secondary N) is 1. The van der Waals surface area contributed by atoms with Gasteiger partial charge in [0.1, 0.15) is 5.82 Å². The van der Waals surface area contributed by atoms with Crippen LogP contribution in [0.25, 0.3) is 0 Å². The van der Waals surface area contributed by atoms with Crippen LogP contribution < -0.4 is 10.2 Å². The largest absolute Gasteiger partial charge is 0.355 e. The van der Waals surface area contributed by atoms with E-state index in [2.05, 4.69) is 40.3 Å². The van der Waals surface area contributed by atoms with Crippen LogP contribution in [0.5, 0.6) is 0 Å². The number of pyridine rings is 1. The fourth-order valence-electron chi connectivity index (χ4n) is 2.61. The number of hydrogen-bond donors (Lipinski definition) is 1. The Balaban J connectivity index is 2.15. The zero-order valence-electron chi connectivity index (χ0n) is 11.7. The predicted octanol–water partition coefficient (Wildman–Crippen LogP) is 1.33. The van der Waals surface area contributed by atoms with Gasteiger partial charge in [-0.25, -0.2) is 4.98 Å². The summed E-state index contributed by atoms with van der Waals surface area (Å²) in [5.74, 6) is 1.15.